The number of aromatic nitrogens is 1. The predicted molar refractivity (Wildman–Crippen MR) is 72.1 cm³/mol. The average Bonchev–Trinajstić information content (AvgIpc) is 2.38. The first-order valence-corrected chi connectivity index (χ1v) is 6.31. The first kappa shape index (κ1) is 13.1. The highest BCUT2D eigenvalue weighted by Gasteiger charge is 2.14. The first-order chi connectivity index (χ1) is 8.70. The van der Waals surface area contributed by atoms with Crippen molar-refractivity contribution in [1.29, 1.82) is 0 Å². The second-order valence-electron chi connectivity index (χ2n) is 3.91. The summed E-state index contributed by atoms with van der Waals surface area (Å²) in [5.41, 5.74) is 4.57. The van der Waals surface area contributed by atoms with E-state index < -0.39 is 0 Å². The summed E-state index contributed by atoms with van der Waals surface area (Å²) in [4.78, 5) is 4.25. The van der Waals surface area contributed by atoms with Gasteiger partial charge in [-0.25, -0.2) is 4.39 Å². The van der Waals surface area contributed by atoms with E-state index >= 15 is 0 Å². The number of benzene rings is 1. The predicted octanol–water partition coefficient (Wildman–Crippen LogP) is 2.73. The standard InChI is InChI=1S/C13H13BrFN3/c14-12-7-9(15)4-5-11(12)13(18-16)8-10-3-1-2-6-17-10/h1-7,13,18H,8,16H2. The molecule has 3 nitrogen and oxygen atoms in total. The van der Waals surface area contributed by atoms with Gasteiger partial charge < -0.3 is 0 Å². The molecule has 0 spiro atoms. The van der Waals surface area contributed by atoms with Crippen LogP contribution in [0, 0.1) is 5.82 Å². The fourth-order valence-electron chi connectivity index (χ4n) is 1.77. The number of hydrogen-bond acceptors (Lipinski definition) is 3. The topological polar surface area (TPSA) is 50.9 Å². The minimum atomic E-state index is -0.278. The highest BCUT2D eigenvalue weighted by molar-refractivity contribution is 9.10. The molecule has 2 rings (SSSR count). The molecule has 1 aromatic heterocycles. The number of halogens is 2. The lowest BCUT2D eigenvalue weighted by Crippen LogP contribution is -2.30. The molecule has 0 aliphatic carbocycles. The monoisotopic (exact) mass is 309 g/mol. The van der Waals surface area contributed by atoms with Crippen LogP contribution in [-0.2, 0) is 6.42 Å². The highest BCUT2D eigenvalue weighted by Crippen LogP contribution is 2.26. The Kier molecular flexibility index (Phi) is 4.41. The van der Waals surface area contributed by atoms with E-state index in [4.69, 9.17) is 5.84 Å². The van der Waals surface area contributed by atoms with Gasteiger partial charge in [-0.1, -0.05) is 28.1 Å². The molecule has 0 bridgehead atoms. The Morgan fingerprint density at radius 1 is 1.33 bits per heavy atom. The second-order valence-corrected chi connectivity index (χ2v) is 4.76. The largest absolute Gasteiger partial charge is 0.271 e. The van der Waals surface area contributed by atoms with Gasteiger partial charge in [0.25, 0.3) is 0 Å². The van der Waals surface area contributed by atoms with Crippen LogP contribution in [0.5, 0.6) is 0 Å². The molecule has 0 aliphatic heterocycles. The van der Waals surface area contributed by atoms with Gasteiger partial charge in [0.1, 0.15) is 5.82 Å². The van der Waals surface area contributed by atoms with Gasteiger partial charge in [-0.2, -0.15) is 0 Å². The summed E-state index contributed by atoms with van der Waals surface area (Å²) in [7, 11) is 0. The Labute approximate surface area is 113 Å². The fourth-order valence-corrected chi connectivity index (χ4v) is 2.40. The molecule has 0 radical (unpaired) electrons. The van der Waals surface area contributed by atoms with Crippen LogP contribution in [0.15, 0.2) is 47.1 Å². The Morgan fingerprint density at radius 2 is 2.17 bits per heavy atom. The van der Waals surface area contributed by atoms with E-state index in [2.05, 4.69) is 26.3 Å². The van der Waals surface area contributed by atoms with E-state index in [1.54, 1.807) is 12.3 Å². The molecule has 1 atom stereocenters. The summed E-state index contributed by atoms with van der Waals surface area (Å²) in [5.74, 6) is 5.29. The minimum absolute atomic E-state index is 0.116. The van der Waals surface area contributed by atoms with Crippen molar-refractivity contribution >= 4 is 15.9 Å². The molecule has 1 unspecified atom stereocenters. The molecule has 0 aliphatic rings. The third-order valence-electron chi connectivity index (χ3n) is 2.68. The SMILES string of the molecule is NNC(Cc1ccccn1)c1ccc(F)cc1Br. The van der Waals surface area contributed by atoms with Crippen molar-refractivity contribution in [1.82, 2.24) is 10.4 Å². The van der Waals surface area contributed by atoms with Crippen LogP contribution in [0.25, 0.3) is 0 Å². The van der Waals surface area contributed by atoms with E-state index in [9.17, 15) is 4.39 Å². The number of hydrogen-bond donors (Lipinski definition) is 2. The molecule has 94 valence electrons. The summed E-state index contributed by atoms with van der Waals surface area (Å²) < 4.78 is 13.7. The number of nitrogens with zero attached hydrogens (tertiary/aromatic N) is 1. The third-order valence-corrected chi connectivity index (χ3v) is 3.37. The van der Waals surface area contributed by atoms with E-state index in [0.717, 1.165) is 11.3 Å². The lowest BCUT2D eigenvalue weighted by Gasteiger charge is -2.17. The van der Waals surface area contributed by atoms with E-state index in [0.29, 0.717) is 10.9 Å². The van der Waals surface area contributed by atoms with Crippen molar-refractivity contribution in [2.75, 3.05) is 0 Å². The van der Waals surface area contributed by atoms with Crippen molar-refractivity contribution in [2.24, 2.45) is 5.84 Å². The summed E-state index contributed by atoms with van der Waals surface area (Å²) in [6.07, 6.45) is 2.38. The molecule has 0 amide bonds. The number of hydrazine groups is 1. The lowest BCUT2D eigenvalue weighted by molar-refractivity contribution is 0.541. The minimum Gasteiger partial charge on any atom is -0.271 e. The Bertz CT molecular complexity index is 519. The van der Waals surface area contributed by atoms with Gasteiger partial charge in [0.2, 0.25) is 0 Å². The van der Waals surface area contributed by atoms with Crippen LogP contribution in [0.1, 0.15) is 17.3 Å². The fraction of sp³-hybridized carbons (Fsp3) is 0.154. The molecular formula is C13H13BrFN3. The Balaban J connectivity index is 2.23. The van der Waals surface area contributed by atoms with Gasteiger partial charge in [0.15, 0.2) is 0 Å². The normalized spacial score (nSPS) is 12.4. The molecule has 0 saturated carbocycles. The molecule has 18 heavy (non-hydrogen) atoms. The Morgan fingerprint density at radius 3 is 2.78 bits per heavy atom. The van der Waals surface area contributed by atoms with E-state index in [-0.39, 0.29) is 11.9 Å². The number of rotatable bonds is 4. The summed E-state index contributed by atoms with van der Waals surface area (Å²) in [6.45, 7) is 0. The highest BCUT2D eigenvalue weighted by atomic mass is 79.9. The zero-order chi connectivity index (χ0) is 13.0. The van der Waals surface area contributed by atoms with Gasteiger partial charge >= 0.3 is 0 Å². The van der Waals surface area contributed by atoms with E-state index in [1.807, 2.05) is 18.2 Å². The molecular weight excluding hydrogens is 297 g/mol. The number of nitrogens with two attached hydrogens (primary N) is 1. The second kappa shape index (κ2) is 6.04. The number of nitrogens with one attached hydrogen (secondary N) is 1. The molecule has 2 aromatic rings. The third kappa shape index (κ3) is 3.13. The Hall–Kier alpha value is -1.30. The average molecular weight is 310 g/mol. The van der Waals surface area contributed by atoms with Crippen LogP contribution in [0.2, 0.25) is 0 Å². The van der Waals surface area contributed by atoms with Crippen molar-refractivity contribution in [3.05, 3.63) is 64.1 Å². The molecule has 1 aromatic carbocycles. The van der Waals surface area contributed by atoms with Gasteiger partial charge in [-0.15, -0.1) is 0 Å². The van der Waals surface area contributed by atoms with Crippen LogP contribution < -0.4 is 11.3 Å². The molecule has 0 saturated heterocycles. The van der Waals surface area contributed by atoms with Crippen LogP contribution in [0.4, 0.5) is 4.39 Å². The van der Waals surface area contributed by atoms with Crippen molar-refractivity contribution in [2.45, 2.75) is 12.5 Å². The molecule has 5 heteroatoms. The van der Waals surface area contributed by atoms with Gasteiger partial charge in [-0.3, -0.25) is 16.3 Å². The van der Waals surface area contributed by atoms with Crippen molar-refractivity contribution < 1.29 is 4.39 Å². The van der Waals surface area contributed by atoms with Crippen molar-refractivity contribution in [3.63, 3.8) is 0 Å². The summed E-state index contributed by atoms with van der Waals surface area (Å²) in [5, 5.41) is 0. The van der Waals surface area contributed by atoms with Gasteiger partial charge in [-0.05, 0) is 29.8 Å². The lowest BCUT2D eigenvalue weighted by atomic mass is 10.0. The van der Waals surface area contributed by atoms with Gasteiger partial charge in [0, 0.05) is 22.8 Å². The molecule has 3 N–H and O–H groups in total. The maximum atomic E-state index is 13.0. The van der Waals surface area contributed by atoms with Crippen LogP contribution >= 0.6 is 15.9 Å². The van der Waals surface area contributed by atoms with Crippen LogP contribution in [0.3, 0.4) is 0 Å². The molecule has 1 heterocycles. The summed E-state index contributed by atoms with van der Waals surface area (Å²) >= 11 is 3.35. The van der Waals surface area contributed by atoms with Crippen molar-refractivity contribution in [3.8, 4) is 0 Å². The zero-order valence-electron chi connectivity index (χ0n) is 9.61. The smallest absolute Gasteiger partial charge is 0.124 e. The van der Waals surface area contributed by atoms with Crippen LogP contribution in [-0.4, -0.2) is 4.98 Å². The van der Waals surface area contributed by atoms with Gasteiger partial charge in [0.05, 0.1) is 6.04 Å². The number of pyridine rings is 1. The quantitative estimate of drug-likeness (QED) is 0.674. The summed E-state index contributed by atoms with van der Waals surface area (Å²) in [6, 6.07) is 10.2. The maximum absolute atomic E-state index is 13.0. The molecule has 0 fully saturated rings. The maximum Gasteiger partial charge on any atom is 0.124 e. The van der Waals surface area contributed by atoms with E-state index in [1.165, 1.54) is 12.1 Å². The zero-order valence-corrected chi connectivity index (χ0v) is 11.2. The first-order valence-electron chi connectivity index (χ1n) is 5.51.